The van der Waals surface area contributed by atoms with E-state index < -0.39 is 5.97 Å². The third kappa shape index (κ3) is 20.0. The van der Waals surface area contributed by atoms with Gasteiger partial charge in [-0.1, -0.05) is 6.92 Å². The van der Waals surface area contributed by atoms with Crippen molar-refractivity contribution in [3.05, 3.63) is 0 Å². The summed E-state index contributed by atoms with van der Waals surface area (Å²) in [5.41, 5.74) is 0. The van der Waals surface area contributed by atoms with Crippen LogP contribution in [0.15, 0.2) is 0 Å². The van der Waals surface area contributed by atoms with Crippen molar-refractivity contribution in [3.63, 3.8) is 0 Å². The van der Waals surface area contributed by atoms with Gasteiger partial charge in [-0.2, -0.15) is 0 Å². The van der Waals surface area contributed by atoms with Crippen molar-refractivity contribution in [2.45, 2.75) is 32.6 Å². The summed E-state index contributed by atoms with van der Waals surface area (Å²) < 4.78 is 25.2. The summed E-state index contributed by atoms with van der Waals surface area (Å²) in [6.45, 7) is 3.58. The number of carbonyl (C=O) groups is 4. The molecule has 174 valence electrons. The summed E-state index contributed by atoms with van der Waals surface area (Å²) in [7, 11) is 3.17. The van der Waals surface area contributed by atoms with Crippen LogP contribution in [0.4, 0.5) is 0 Å². The van der Waals surface area contributed by atoms with Crippen molar-refractivity contribution < 1.29 is 42.9 Å². The smallest absolute Gasteiger partial charge is 0.306 e. The Morgan fingerprint density at radius 3 is 1.90 bits per heavy atom. The minimum Gasteiger partial charge on any atom is -0.463 e. The first-order chi connectivity index (χ1) is 14.5. The maximum absolute atomic E-state index is 11.6. The van der Waals surface area contributed by atoms with E-state index in [-0.39, 0.29) is 50.5 Å². The molecule has 0 aliphatic carbocycles. The molecule has 10 nitrogen and oxygen atoms in total. The Balaban J connectivity index is 3.43. The van der Waals surface area contributed by atoms with Crippen LogP contribution >= 0.6 is 17.2 Å². The molecule has 1 N–H and O–H groups in total. The lowest BCUT2D eigenvalue weighted by molar-refractivity contribution is -0.152. The Hall–Kier alpha value is -1.34. The summed E-state index contributed by atoms with van der Waals surface area (Å²) in [5, 5.41) is 2.63. The van der Waals surface area contributed by atoms with Gasteiger partial charge in [0.05, 0.1) is 32.8 Å². The number of ether oxygens (including phenoxy) is 5. The molecule has 0 heterocycles. The maximum Gasteiger partial charge on any atom is 0.306 e. The molecule has 0 saturated carbocycles. The average Bonchev–Trinajstić information content (AvgIpc) is 2.74. The molecule has 0 bridgehead atoms. The topological polar surface area (TPSA) is 126 Å². The van der Waals surface area contributed by atoms with Gasteiger partial charge >= 0.3 is 17.9 Å². The summed E-state index contributed by atoms with van der Waals surface area (Å²) in [5.74, 6) is -1.38. The molecule has 12 heteroatoms. The fourth-order valence-electron chi connectivity index (χ4n) is 1.83. The first kappa shape index (κ1) is 28.7. The second-order valence-electron chi connectivity index (χ2n) is 5.79. The summed E-state index contributed by atoms with van der Waals surface area (Å²) in [6.07, 6.45) is 1.41. The number of amides is 1. The third-order valence-electron chi connectivity index (χ3n) is 3.36. The van der Waals surface area contributed by atoms with E-state index in [1.165, 1.54) is 0 Å². The number of rotatable bonds is 19. The van der Waals surface area contributed by atoms with Gasteiger partial charge in [0, 0.05) is 25.8 Å². The molecule has 0 aromatic carbocycles. The van der Waals surface area contributed by atoms with Gasteiger partial charge in [0.1, 0.15) is 19.8 Å². The van der Waals surface area contributed by atoms with Crippen LogP contribution in [0, 0.1) is 0 Å². The summed E-state index contributed by atoms with van der Waals surface area (Å²) in [4.78, 5) is 45.3. The quantitative estimate of drug-likeness (QED) is 0.127. The highest BCUT2D eigenvalue weighted by Crippen LogP contribution is 2.20. The molecule has 0 aromatic rings. The number of hydrogen-bond acceptors (Lipinski definition) is 9. The summed E-state index contributed by atoms with van der Waals surface area (Å²) >= 11 is 0. The van der Waals surface area contributed by atoms with E-state index in [0.29, 0.717) is 54.1 Å². The van der Waals surface area contributed by atoms with E-state index >= 15 is 0 Å². The van der Waals surface area contributed by atoms with Gasteiger partial charge in [-0.15, -0.1) is 17.2 Å². The predicted molar refractivity (Wildman–Crippen MR) is 115 cm³/mol. The predicted octanol–water partition coefficient (Wildman–Crippen LogP) is 0.814. The fourth-order valence-corrected chi connectivity index (χ4v) is 2.62. The molecule has 0 spiro atoms. The highest BCUT2D eigenvalue weighted by atomic mass is 32.0. The van der Waals surface area contributed by atoms with Gasteiger partial charge in [-0.3, -0.25) is 19.2 Å². The summed E-state index contributed by atoms with van der Waals surface area (Å²) in [6, 6.07) is 0. The molecular weight excluding hydrogens is 436 g/mol. The van der Waals surface area contributed by atoms with Gasteiger partial charge in [0.2, 0.25) is 5.91 Å². The van der Waals surface area contributed by atoms with Crippen molar-refractivity contribution in [2.75, 3.05) is 59.0 Å². The van der Waals surface area contributed by atoms with Gasteiger partial charge in [0.25, 0.3) is 0 Å². The second kappa shape index (κ2) is 20.9. The van der Waals surface area contributed by atoms with Gasteiger partial charge in [-0.25, -0.2) is 0 Å². The fraction of sp³-hybridized carbons (Fsp3) is 0.778. The van der Waals surface area contributed by atoms with E-state index in [1.807, 2.05) is 0 Å². The Kier molecular flexibility index (Phi) is 20.0. The normalized spacial score (nSPS) is 10.7. The number of esters is 3. The first-order valence-electron chi connectivity index (χ1n) is 9.82. The molecule has 0 aromatic heterocycles. The van der Waals surface area contributed by atoms with Gasteiger partial charge < -0.3 is 29.0 Å². The molecule has 0 rings (SSSR count). The SMILES string of the molecule is CCC(=O)OCCOCCOCCNC(=O)CCC(=O)OCCOC(=O)CCPP. The molecule has 2 unspecified atom stereocenters. The van der Waals surface area contributed by atoms with E-state index in [0.717, 1.165) is 6.16 Å². The number of nitrogens with one attached hydrogen (secondary N) is 1. The zero-order valence-corrected chi connectivity index (χ0v) is 19.6. The van der Waals surface area contributed by atoms with Crippen LogP contribution in [-0.2, 0) is 42.9 Å². The number of carbonyl (C=O) groups excluding carboxylic acids is 4. The standard InChI is InChI=1S/C18H33NO9P2/c1-2-16(21)26-11-10-25-9-8-24-7-6-19-15(20)3-4-17(22)27-12-13-28-18(23)5-14-30-29/h30H,2-14,29H2,1H3,(H,19,20). The molecule has 0 saturated heterocycles. The minimum atomic E-state index is -0.523. The van der Waals surface area contributed by atoms with Crippen LogP contribution in [0.1, 0.15) is 32.6 Å². The first-order valence-corrected chi connectivity index (χ1v) is 12.8. The minimum absolute atomic E-state index is 0.00725. The zero-order valence-electron chi connectivity index (χ0n) is 17.4. The molecule has 2 atom stereocenters. The molecule has 0 radical (unpaired) electrons. The maximum atomic E-state index is 11.6. The van der Waals surface area contributed by atoms with Crippen molar-refractivity contribution in [3.8, 4) is 0 Å². The Bertz CT molecular complexity index is 506. The van der Waals surface area contributed by atoms with E-state index in [2.05, 4.69) is 14.2 Å². The van der Waals surface area contributed by atoms with E-state index in [9.17, 15) is 19.2 Å². The lowest BCUT2D eigenvalue weighted by atomic mass is 10.3. The van der Waals surface area contributed by atoms with E-state index in [1.54, 1.807) is 6.92 Å². The molecule has 1 amide bonds. The van der Waals surface area contributed by atoms with Crippen molar-refractivity contribution in [1.29, 1.82) is 0 Å². The molecular formula is C18H33NO9P2. The average molecular weight is 469 g/mol. The van der Waals surface area contributed by atoms with Crippen LogP contribution in [0.25, 0.3) is 0 Å². The van der Waals surface area contributed by atoms with Gasteiger partial charge in [0.15, 0.2) is 0 Å². The van der Waals surface area contributed by atoms with Crippen molar-refractivity contribution in [1.82, 2.24) is 5.32 Å². The van der Waals surface area contributed by atoms with Crippen LogP contribution in [0.5, 0.6) is 0 Å². The Labute approximate surface area is 181 Å². The second-order valence-corrected chi connectivity index (χ2v) is 7.93. The van der Waals surface area contributed by atoms with Gasteiger partial charge in [-0.05, 0) is 6.16 Å². The van der Waals surface area contributed by atoms with Crippen LogP contribution in [0.3, 0.4) is 0 Å². The lowest BCUT2D eigenvalue weighted by Gasteiger charge is -2.08. The number of hydrogen-bond donors (Lipinski definition) is 1. The Morgan fingerprint density at radius 1 is 0.733 bits per heavy atom. The lowest BCUT2D eigenvalue weighted by Crippen LogP contribution is -2.28. The van der Waals surface area contributed by atoms with Crippen molar-refractivity contribution >= 4 is 41.0 Å². The van der Waals surface area contributed by atoms with E-state index in [4.69, 9.17) is 23.7 Å². The molecule has 0 fully saturated rings. The highest BCUT2D eigenvalue weighted by molar-refractivity contribution is 8.02. The third-order valence-corrected chi connectivity index (χ3v) is 4.76. The highest BCUT2D eigenvalue weighted by Gasteiger charge is 2.08. The largest absolute Gasteiger partial charge is 0.463 e. The van der Waals surface area contributed by atoms with Crippen LogP contribution < -0.4 is 5.32 Å². The van der Waals surface area contributed by atoms with Crippen LogP contribution in [0.2, 0.25) is 0 Å². The Morgan fingerprint density at radius 2 is 1.27 bits per heavy atom. The monoisotopic (exact) mass is 469 g/mol. The van der Waals surface area contributed by atoms with Crippen molar-refractivity contribution in [2.24, 2.45) is 0 Å². The molecule has 30 heavy (non-hydrogen) atoms. The van der Waals surface area contributed by atoms with Crippen LogP contribution in [-0.4, -0.2) is 82.8 Å². The molecule has 0 aliphatic heterocycles. The molecule has 0 aliphatic rings. The zero-order chi connectivity index (χ0) is 22.5.